The number of amides is 1. The van der Waals surface area contributed by atoms with E-state index in [1.165, 1.54) is 5.56 Å². The lowest BCUT2D eigenvalue weighted by Gasteiger charge is -2.12. The summed E-state index contributed by atoms with van der Waals surface area (Å²) in [6, 6.07) is 12.9. The number of carbonyl (C=O) groups is 2. The fourth-order valence-corrected chi connectivity index (χ4v) is 2.83. The second-order valence-corrected chi connectivity index (χ2v) is 6.25. The van der Waals surface area contributed by atoms with E-state index in [1.807, 2.05) is 60.0 Å². The number of Topliss-reactive ketones (excluding diaryl/α,β-unsaturated/α-hetero) is 1. The van der Waals surface area contributed by atoms with Gasteiger partial charge in [-0.1, -0.05) is 37.3 Å². The van der Waals surface area contributed by atoms with Gasteiger partial charge in [0, 0.05) is 24.6 Å². The van der Waals surface area contributed by atoms with Gasteiger partial charge in [-0.05, 0) is 31.0 Å². The summed E-state index contributed by atoms with van der Waals surface area (Å²) in [6.07, 6.45) is 3.13. The normalized spacial score (nSPS) is 12.1. The minimum Gasteiger partial charge on any atom is -0.346 e. The van der Waals surface area contributed by atoms with Crippen LogP contribution in [-0.4, -0.2) is 26.3 Å². The minimum absolute atomic E-state index is 0.0246. The monoisotopic (exact) mass is 350 g/mol. The van der Waals surface area contributed by atoms with Crippen LogP contribution >= 0.6 is 0 Å². The Morgan fingerprint density at radius 3 is 2.58 bits per heavy atom. The van der Waals surface area contributed by atoms with Gasteiger partial charge in [-0.25, -0.2) is 0 Å². The van der Waals surface area contributed by atoms with Crippen molar-refractivity contribution in [2.45, 2.75) is 39.2 Å². The molecular weight excluding hydrogens is 328 g/mol. The second-order valence-electron chi connectivity index (χ2n) is 6.25. The van der Waals surface area contributed by atoms with Gasteiger partial charge in [0.15, 0.2) is 17.3 Å². The fraction of sp³-hybridized carbons (Fsp3) is 0.300. The Balaban J connectivity index is 1.55. The van der Waals surface area contributed by atoms with Crippen LogP contribution < -0.4 is 5.32 Å². The molecule has 2 aromatic heterocycles. The van der Waals surface area contributed by atoms with Gasteiger partial charge in [0.2, 0.25) is 5.91 Å². The molecule has 0 spiro atoms. The van der Waals surface area contributed by atoms with E-state index in [4.69, 9.17) is 0 Å². The topological polar surface area (TPSA) is 76.4 Å². The number of hydrogen-bond acceptors (Lipinski definition) is 4. The number of hydrogen-bond donors (Lipinski definition) is 1. The standard InChI is InChI=1S/C20H22N4O2/c1-3-15-7-9-16(10-8-15)17(25)11-12-19(26)21-14(2)20-23-22-18-6-4-5-13-24(18)20/h4-10,13-14H,3,11-12H2,1-2H3,(H,21,26). The van der Waals surface area contributed by atoms with Crippen LogP contribution in [-0.2, 0) is 11.2 Å². The van der Waals surface area contributed by atoms with Gasteiger partial charge in [0.25, 0.3) is 0 Å². The molecule has 0 radical (unpaired) electrons. The first kappa shape index (κ1) is 17.8. The zero-order valence-corrected chi connectivity index (χ0v) is 15.0. The van der Waals surface area contributed by atoms with Crippen molar-refractivity contribution < 1.29 is 9.59 Å². The number of nitrogens with zero attached hydrogens (tertiary/aromatic N) is 3. The molecule has 0 aliphatic carbocycles. The lowest BCUT2D eigenvalue weighted by atomic mass is 10.0. The quantitative estimate of drug-likeness (QED) is 0.664. The predicted molar refractivity (Wildman–Crippen MR) is 98.9 cm³/mol. The third-order valence-electron chi connectivity index (χ3n) is 4.37. The lowest BCUT2D eigenvalue weighted by molar-refractivity contribution is -0.121. The van der Waals surface area contributed by atoms with Crippen molar-refractivity contribution in [3.63, 3.8) is 0 Å². The maximum Gasteiger partial charge on any atom is 0.221 e. The van der Waals surface area contributed by atoms with E-state index in [1.54, 1.807) is 0 Å². The third-order valence-corrected chi connectivity index (χ3v) is 4.37. The molecule has 26 heavy (non-hydrogen) atoms. The zero-order chi connectivity index (χ0) is 18.5. The van der Waals surface area contributed by atoms with Gasteiger partial charge in [0.05, 0.1) is 6.04 Å². The first-order chi connectivity index (χ1) is 12.6. The average molecular weight is 350 g/mol. The smallest absolute Gasteiger partial charge is 0.221 e. The van der Waals surface area contributed by atoms with Crippen LogP contribution in [0.15, 0.2) is 48.7 Å². The van der Waals surface area contributed by atoms with Crippen LogP contribution in [0, 0.1) is 0 Å². The van der Waals surface area contributed by atoms with Crippen LogP contribution in [0.4, 0.5) is 0 Å². The van der Waals surface area contributed by atoms with Crippen LogP contribution in [0.1, 0.15) is 54.5 Å². The Kier molecular flexibility index (Phi) is 5.41. The summed E-state index contributed by atoms with van der Waals surface area (Å²) >= 11 is 0. The maximum absolute atomic E-state index is 12.2. The van der Waals surface area contributed by atoms with Crippen LogP contribution in [0.2, 0.25) is 0 Å². The van der Waals surface area contributed by atoms with Gasteiger partial charge in [0.1, 0.15) is 0 Å². The Morgan fingerprint density at radius 2 is 1.85 bits per heavy atom. The number of nitrogens with one attached hydrogen (secondary N) is 1. The molecule has 6 heteroatoms. The van der Waals surface area contributed by atoms with Gasteiger partial charge < -0.3 is 5.32 Å². The fourth-order valence-electron chi connectivity index (χ4n) is 2.83. The highest BCUT2D eigenvalue weighted by atomic mass is 16.2. The molecule has 3 aromatic rings. The summed E-state index contributed by atoms with van der Waals surface area (Å²) in [5.74, 6) is 0.461. The number of pyridine rings is 1. The Morgan fingerprint density at radius 1 is 1.08 bits per heavy atom. The highest BCUT2D eigenvalue weighted by Gasteiger charge is 2.16. The molecule has 1 atom stereocenters. The molecule has 3 rings (SSSR count). The number of aromatic nitrogens is 3. The van der Waals surface area contributed by atoms with Crippen molar-refractivity contribution in [2.75, 3.05) is 0 Å². The molecular formula is C20H22N4O2. The zero-order valence-electron chi connectivity index (χ0n) is 15.0. The molecule has 0 fully saturated rings. The molecule has 0 saturated heterocycles. The maximum atomic E-state index is 12.2. The molecule has 0 aliphatic heterocycles. The van der Waals surface area contributed by atoms with Crippen molar-refractivity contribution in [1.82, 2.24) is 19.9 Å². The van der Waals surface area contributed by atoms with E-state index >= 15 is 0 Å². The number of carbonyl (C=O) groups excluding carboxylic acids is 2. The van der Waals surface area contributed by atoms with E-state index < -0.39 is 0 Å². The first-order valence-corrected chi connectivity index (χ1v) is 8.79. The molecule has 1 amide bonds. The van der Waals surface area contributed by atoms with Gasteiger partial charge in [-0.2, -0.15) is 0 Å². The van der Waals surface area contributed by atoms with Gasteiger partial charge in [-0.3, -0.25) is 14.0 Å². The summed E-state index contributed by atoms with van der Waals surface area (Å²) in [5.41, 5.74) is 2.56. The highest BCUT2D eigenvalue weighted by Crippen LogP contribution is 2.13. The molecule has 0 bridgehead atoms. The number of ketones is 1. The van der Waals surface area contributed by atoms with Gasteiger partial charge in [-0.15, -0.1) is 10.2 Å². The molecule has 1 aromatic carbocycles. The summed E-state index contributed by atoms with van der Waals surface area (Å²) < 4.78 is 1.84. The number of fused-ring (bicyclic) bond motifs is 1. The van der Waals surface area contributed by atoms with E-state index in [-0.39, 0.29) is 30.6 Å². The lowest BCUT2D eigenvalue weighted by Crippen LogP contribution is -2.28. The Bertz CT molecular complexity index is 915. The predicted octanol–water partition coefficient (Wildman–Crippen LogP) is 3.13. The third kappa shape index (κ3) is 3.96. The van der Waals surface area contributed by atoms with Crippen molar-refractivity contribution >= 4 is 17.3 Å². The average Bonchev–Trinajstić information content (AvgIpc) is 3.10. The van der Waals surface area contributed by atoms with Crippen LogP contribution in [0.3, 0.4) is 0 Å². The summed E-state index contributed by atoms with van der Waals surface area (Å²) in [6.45, 7) is 3.92. The van der Waals surface area contributed by atoms with E-state index in [9.17, 15) is 9.59 Å². The van der Waals surface area contributed by atoms with Crippen LogP contribution in [0.5, 0.6) is 0 Å². The molecule has 0 saturated carbocycles. The minimum atomic E-state index is -0.293. The number of rotatable bonds is 7. The Labute approximate surface area is 152 Å². The van der Waals surface area contributed by atoms with Crippen molar-refractivity contribution in [3.05, 3.63) is 65.6 Å². The van der Waals surface area contributed by atoms with Gasteiger partial charge >= 0.3 is 0 Å². The summed E-state index contributed by atoms with van der Waals surface area (Å²) in [5, 5.41) is 11.1. The van der Waals surface area contributed by atoms with E-state index in [0.717, 1.165) is 12.1 Å². The highest BCUT2D eigenvalue weighted by molar-refractivity contribution is 5.98. The van der Waals surface area contributed by atoms with Crippen molar-refractivity contribution in [2.24, 2.45) is 0 Å². The number of benzene rings is 1. The molecule has 2 heterocycles. The SMILES string of the molecule is CCc1ccc(C(=O)CCC(=O)NC(C)c2nnc3ccccn23)cc1. The first-order valence-electron chi connectivity index (χ1n) is 8.79. The summed E-state index contributed by atoms with van der Waals surface area (Å²) in [7, 11) is 0. The molecule has 6 nitrogen and oxygen atoms in total. The van der Waals surface area contributed by atoms with Crippen molar-refractivity contribution in [1.29, 1.82) is 0 Å². The van der Waals surface area contributed by atoms with E-state index in [2.05, 4.69) is 22.4 Å². The summed E-state index contributed by atoms with van der Waals surface area (Å²) in [4.78, 5) is 24.4. The second kappa shape index (κ2) is 7.91. The van der Waals surface area contributed by atoms with Crippen LogP contribution in [0.25, 0.3) is 5.65 Å². The largest absolute Gasteiger partial charge is 0.346 e. The van der Waals surface area contributed by atoms with Crippen molar-refractivity contribution in [3.8, 4) is 0 Å². The molecule has 134 valence electrons. The number of aryl methyl sites for hydroxylation is 1. The molecule has 1 N–H and O–H groups in total. The Hall–Kier alpha value is -3.02. The van der Waals surface area contributed by atoms with E-state index in [0.29, 0.717) is 11.4 Å². The molecule has 1 unspecified atom stereocenters. The molecule has 0 aliphatic rings.